The lowest BCUT2D eigenvalue weighted by atomic mass is 9.94. The van der Waals surface area contributed by atoms with Gasteiger partial charge in [0.2, 0.25) is 5.95 Å². The number of aliphatic hydroxyl groups is 1. The molecule has 162 valence electrons. The Morgan fingerprint density at radius 1 is 1.22 bits per heavy atom. The van der Waals surface area contributed by atoms with Crippen molar-refractivity contribution < 1.29 is 14.6 Å². The number of benzene rings is 2. The summed E-state index contributed by atoms with van der Waals surface area (Å²) in [5.74, 6) is 1.66. The van der Waals surface area contributed by atoms with E-state index in [2.05, 4.69) is 20.3 Å². The lowest BCUT2D eigenvalue weighted by molar-refractivity contribution is 0.0944. The fourth-order valence-corrected chi connectivity index (χ4v) is 3.90. The van der Waals surface area contributed by atoms with Crippen molar-refractivity contribution in [2.45, 2.75) is 12.3 Å². The van der Waals surface area contributed by atoms with Gasteiger partial charge in [0.25, 0.3) is 5.91 Å². The normalized spacial score (nSPS) is 15.2. The maximum Gasteiger partial charge on any atom is 0.251 e. The molecule has 0 saturated heterocycles. The molecule has 0 bridgehead atoms. The highest BCUT2D eigenvalue weighted by molar-refractivity contribution is 5.94. The van der Waals surface area contributed by atoms with Gasteiger partial charge in [-0.1, -0.05) is 6.07 Å². The number of amides is 1. The Balaban J connectivity index is 1.40. The average molecular weight is 430 g/mol. The van der Waals surface area contributed by atoms with Crippen molar-refractivity contribution in [3.05, 3.63) is 65.6 Å². The first-order valence-electron chi connectivity index (χ1n) is 10.3. The van der Waals surface area contributed by atoms with Crippen molar-refractivity contribution in [3.63, 3.8) is 0 Å². The first-order valence-corrected chi connectivity index (χ1v) is 10.3. The van der Waals surface area contributed by atoms with E-state index in [1.807, 2.05) is 36.4 Å². The van der Waals surface area contributed by atoms with Gasteiger partial charge < -0.3 is 25.9 Å². The molecule has 4 aromatic rings. The van der Waals surface area contributed by atoms with Gasteiger partial charge in [-0.25, -0.2) is 15.0 Å². The first kappa shape index (κ1) is 20.0. The third-order valence-corrected chi connectivity index (χ3v) is 5.48. The fourth-order valence-electron chi connectivity index (χ4n) is 3.90. The highest BCUT2D eigenvalue weighted by Gasteiger charge is 2.25. The van der Waals surface area contributed by atoms with Crippen LogP contribution >= 0.6 is 0 Å². The Kier molecular flexibility index (Phi) is 5.16. The molecule has 2 aromatic heterocycles. The van der Waals surface area contributed by atoms with Crippen LogP contribution in [0.5, 0.6) is 5.75 Å². The van der Waals surface area contributed by atoms with Crippen molar-refractivity contribution in [2.24, 2.45) is 0 Å². The smallest absolute Gasteiger partial charge is 0.251 e. The molecule has 5 rings (SSSR count). The molecule has 1 atom stereocenters. The lowest BCUT2D eigenvalue weighted by Crippen LogP contribution is -2.27. The number of nitrogen functional groups attached to an aromatic ring is 1. The molecule has 0 spiro atoms. The van der Waals surface area contributed by atoms with E-state index in [1.165, 1.54) is 0 Å². The summed E-state index contributed by atoms with van der Waals surface area (Å²) in [5.41, 5.74) is 10.6. The van der Waals surface area contributed by atoms with Crippen molar-refractivity contribution >= 4 is 22.9 Å². The van der Waals surface area contributed by atoms with Gasteiger partial charge in [0.15, 0.2) is 0 Å². The molecule has 9 heteroatoms. The second-order valence-corrected chi connectivity index (χ2v) is 7.67. The van der Waals surface area contributed by atoms with Crippen LogP contribution in [0.2, 0.25) is 0 Å². The van der Waals surface area contributed by atoms with E-state index in [1.54, 1.807) is 12.3 Å². The Morgan fingerprint density at radius 3 is 2.97 bits per heavy atom. The molecule has 9 nitrogen and oxygen atoms in total. The van der Waals surface area contributed by atoms with Gasteiger partial charge in [-0.05, 0) is 48.4 Å². The topological polar surface area (TPSA) is 139 Å². The first-order chi connectivity index (χ1) is 15.6. The highest BCUT2D eigenvalue weighted by Crippen LogP contribution is 2.33. The van der Waals surface area contributed by atoms with E-state index in [9.17, 15) is 4.79 Å². The summed E-state index contributed by atoms with van der Waals surface area (Å²) in [6.07, 6.45) is 2.33. The summed E-state index contributed by atoms with van der Waals surface area (Å²) >= 11 is 0. The minimum absolute atomic E-state index is 0.0313. The molecule has 32 heavy (non-hydrogen) atoms. The third-order valence-electron chi connectivity index (χ3n) is 5.48. The van der Waals surface area contributed by atoms with E-state index < -0.39 is 0 Å². The number of nitrogens with two attached hydrogens (primary N) is 1. The monoisotopic (exact) mass is 430 g/mol. The number of carbonyl (C=O) groups excluding carboxylic acids is 1. The Labute approximate surface area is 183 Å². The van der Waals surface area contributed by atoms with Crippen LogP contribution in [-0.2, 0) is 6.42 Å². The maximum absolute atomic E-state index is 12.2. The Bertz CT molecular complexity index is 1300. The van der Waals surface area contributed by atoms with Crippen LogP contribution in [0.1, 0.15) is 27.7 Å². The van der Waals surface area contributed by atoms with Gasteiger partial charge in [-0.3, -0.25) is 4.79 Å². The molecule has 1 unspecified atom stereocenters. The molecule has 1 aliphatic heterocycles. The van der Waals surface area contributed by atoms with Gasteiger partial charge in [0.05, 0.1) is 35.9 Å². The van der Waals surface area contributed by atoms with Crippen molar-refractivity contribution in [2.75, 3.05) is 25.5 Å². The number of H-pyrrole nitrogens is 1. The number of aromatic amines is 1. The summed E-state index contributed by atoms with van der Waals surface area (Å²) < 4.78 is 5.95. The molecular formula is C23H22N6O3. The summed E-state index contributed by atoms with van der Waals surface area (Å²) in [6.45, 7) is 0.621. The van der Waals surface area contributed by atoms with E-state index in [-0.39, 0.29) is 30.9 Å². The second kappa shape index (κ2) is 8.27. The SMILES string of the molecule is Nc1nccc(-c2ccc3nc(C4COc5ccc(C(=O)NCCO)cc5C4)[nH]c3c2)n1. The number of fused-ring (bicyclic) bond motifs is 2. The second-order valence-electron chi connectivity index (χ2n) is 7.67. The van der Waals surface area contributed by atoms with Crippen LogP contribution in [0.3, 0.4) is 0 Å². The zero-order valence-electron chi connectivity index (χ0n) is 17.2. The summed E-state index contributed by atoms with van der Waals surface area (Å²) in [6, 6.07) is 13.1. The van der Waals surface area contributed by atoms with Crippen LogP contribution < -0.4 is 15.8 Å². The Morgan fingerprint density at radius 2 is 2.12 bits per heavy atom. The Hall–Kier alpha value is -3.98. The molecule has 1 aliphatic rings. The molecule has 2 aromatic carbocycles. The van der Waals surface area contributed by atoms with E-state index in [4.69, 9.17) is 20.6 Å². The molecule has 5 N–H and O–H groups in total. The van der Waals surface area contributed by atoms with Crippen molar-refractivity contribution in [1.29, 1.82) is 0 Å². The predicted molar refractivity (Wildman–Crippen MR) is 119 cm³/mol. The number of aliphatic hydroxyl groups excluding tert-OH is 1. The number of imidazole rings is 1. The number of hydrogen-bond donors (Lipinski definition) is 4. The molecule has 1 amide bonds. The number of rotatable bonds is 5. The third kappa shape index (κ3) is 3.85. The molecule has 0 fully saturated rings. The fraction of sp³-hybridized carbons (Fsp3) is 0.217. The number of hydrogen-bond acceptors (Lipinski definition) is 7. The predicted octanol–water partition coefficient (Wildman–Crippen LogP) is 2.04. The number of nitrogens with one attached hydrogen (secondary N) is 2. The van der Waals surface area contributed by atoms with Crippen LogP contribution in [0.15, 0.2) is 48.7 Å². The zero-order valence-corrected chi connectivity index (χ0v) is 17.2. The molecule has 0 saturated carbocycles. The maximum atomic E-state index is 12.2. The summed E-state index contributed by atoms with van der Waals surface area (Å²) in [5, 5.41) is 11.6. The minimum Gasteiger partial charge on any atom is -0.493 e. The highest BCUT2D eigenvalue weighted by atomic mass is 16.5. The number of aromatic nitrogens is 4. The minimum atomic E-state index is -0.217. The van der Waals surface area contributed by atoms with E-state index in [0.29, 0.717) is 18.6 Å². The number of anilines is 1. The van der Waals surface area contributed by atoms with Crippen LogP contribution in [0.4, 0.5) is 5.95 Å². The number of ether oxygens (including phenoxy) is 1. The molecule has 0 aliphatic carbocycles. The van der Waals surface area contributed by atoms with Gasteiger partial charge >= 0.3 is 0 Å². The average Bonchev–Trinajstić information content (AvgIpc) is 3.25. The number of nitrogens with zero attached hydrogens (tertiary/aromatic N) is 3. The van der Waals surface area contributed by atoms with Gasteiger partial charge in [-0.15, -0.1) is 0 Å². The van der Waals surface area contributed by atoms with Crippen molar-refractivity contribution in [1.82, 2.24) is 25.3 Å². The molecule has 3 heterocycles. The molecule has 0 radical (unpaired) electrons. The van der Waals surface area contributed by atoms with Crippen LogP contribution in [0.25, 0.3) is 22.3 Å². The zero-order chi connectivity index (χ0) is 22.1. The van der Waals surface area contributed by atoms with Gasteiger partial charge in [-0.2, -0.15) is 0 Å². The van der Waals surface area contributed by atoms with Crippen LogP contribution in [-0.4, -0.2) is 50.7 Å². The quantitative estimate of drug-likeness (QED) is 0.380. The molecular weight excluding hydrogens is 408 g/mol. The van der Waals surface area contributed by atoms with Gasteiger partial charge in [0.1, 0.15) is 11.6 Å². The largest absolute Gasteiger partial charge is 0.493 e. The lowest BCUT2D eigenvalue weighted by Gasteiger charge is -2.24. The number of carbonyl (C=O) groups is 1. The van der Waals surface area contributed by atoms with E-state index >= 15 is 0 Å². The summed E-state index contributed by atoms with van der Waals surface area (Å²) in [7, 11) is 0. The standard InChI is InChI=1S/C23H22N6O3/c24-23-26-6-5-17(29-23)13-1-3-18-19(11-13)28-21(27-18)16-10-15-9-14(22(31)25-7-8-30)2-4-20(15)32-12-16/h1-6,9,11,16,30H,7-8,10,12H2,(H,25,31)(H,27,28)(H2,24,26,29). The van der Waals surface area contributed by atoms with Gasteiger partial charge in [0, 0.05) is 23.9 Å². The van der Waals surface area contributed by atoms with Crippen molar-refractivity contribution in [3.8, 4) is 17.0 Å². The van der Waals surface area contributed by atoms with Crippen LogP contribution in [0, 0.1) is 0 Å². The summed E-state index contributed by atoms with van der Waals surface area (Å²) in [4.78, 5) is 28.6. The van der Waals surface area contributed by atoms with E-state index in [0.717, 1.165) is 39.4 Å².